The lowest BCUT2D eigenvalue weighted by Gasteiger charge is -2.14. The van der Waals surface area contributed by atoms with Crippen molar-refractivity contribution < 1.29 is 13.9 Å². The highest BCUT2D eigenvalue weighted by Gasteiger charge is 2.13. The molecule has 1 heterocycles. The van der Waals surface area contributed by atoms with Gasteiger partial charge in [-0.15, -0.1) is 0 Å². The highest BCUT2D eigenvalue weighted by atomic mass is 35.5. The van der Waals surface area contributed by atoms with E-state index in [-0.39, 0.29) is 6.61 Å². The molecule has 0 radical (unpaired) electrons. The molecule has 0 saturated carbocycles. The van der Waals surface area contributed by atoms with Crippen molar-refractivity contribution in [2.45, 2.75) is 13.5 Å². The summed E-state index contributed by atoms with van der Waals surface area (Å²) in [5.41, 5.74) is 3.04. The van der Waals surface area contributed by atoms with Crippen molar-refractivity contribution in [2.24, 2.45) is 0 Å². The van der Waals surface area contributed by atoms with Crippen molar-refractivity contribution >= 4 is 22.6 Å². The Labute approximate surface area is 166 Å². The molecule has 3 aromatic carbocycles. The van der Waals surface area contributed by atoms with E-state index in [4.69, 9.17) is 21.1 Å². The van der Waals surface area contributed by atoms with Crippen LogP contribution in [0.3, 0.4) is 0 Å². The zero-order valence-corrected chi connectivity index (χ0v) is 16.0. The van der Waals surface area contributed by atoms with Crippen molar-refractivity contribution in [3.8, 4) is 22.9 Å². The molecule has 0 bridgehead atoms. The Hall–Kier alpha value is -3.05. The highest BCUT2D eigenvalue weighted by molar-refractivity contribution is 6.31. The summed E-state index contributed by atoms with van der Waals surface area (Å²) in [6.07, 6.45) is 0. The number of hydrogen-bond donors (Lipinski definition) is 1. The largest absolute Gasteiger partial charge is 0.490 e. The summed E-state index contributed by atoms with van der Waals surface area (Å²) in [4.78, 5) is 7.91. The molecular weight excluding hydrogens is 379 g/mol. The minimum absolute atomic E-state index is 0.00949. The van der Waals surface area contributed by atoms with Gasteiger partial charge in [0.15, 0.2) is 11.5 Å². The fraction of sp³-hybridized carbons (Fsp3) is 0.136. The molecule has 28 heavy (non-hydrogen) atoms. The van der Waals surface area contributed by atoms with Gasteiger partial charge in [-0.3, -0.25) is 0 Å². The van der Waals surface area contributed by atoms with E-state index >= 15 is 0 Å². The van der Waals surface area contributed by atoms with Crippen molar-refractivity contribution in [1.29, 1.82) is 0 Å². The Bertz CT molecular complexity index is 1070. The van der Waals surface area contributed by atoms with Crippen LogP contribution in [0.2, 0.25) is 5.02 Å². The molecule has 6 heteroatoms. The summed E-state index contributed by atoms with van der Waals surface area (Å²) < 4.78 is 25.5. The number of para-hydroxylation sites is 2. The number of fused-ring (bicyclic) bond motifs is 1. The van der Waals surface area contributed by atoms with Gasteiger partial charge in [-0.25, -0.2) is 9.37 Å². The van der Waals surface area contributed by atoms with Crippen molar-refractivity contribution in [2.75, 3.05) is 6.61 Å². The predicted octanol–water partition coefficient (Wildman–Crippen LogP) is 6.00. The van der Waals surface area contributed by atoms with E-state index in [1.165, 1.54) is 6.07 Å². The fourth-order valence-electron chi connectivity index (χ4n) is 2.95. The van der Waals surface area contributed by atoms with E-state index in [2.05, 4.69) is 9.97 Å². The van der Waals surface area contributed by atoms with Gasteiger partial charge < -0.3 is 14.5 Å². The molecule has 1 aromatic heterocycles. The minimum Gasteiger partial charge on any atom is -0.490 e. The Balaban J connectivity index is 1.63. The maximum Gasteiger partial charge on any atom is 0.161 e. The molecule has 142 valence electrons. The van der Waals surface area contributed by atoms with Crippen molar-refractivity contribution in [3.05, 3.63) is 77.1 Å². The molecule has 0 amide bonds. The van der Waals surface area contributed by atoms with Crippen LogP contribution in [-0.4, -0.2) is 16.6 Å². The molecule has 4 aromatic rings. The second kappa shape index (κ2) is 7.90. The van der Waals surface area contributed by atoms with Gasteiger partial charge in [-0.2, -0.15) is 0 Å². The Kier molecular flexibility index (Phi) is 5.17. The smallest absolute Gasteiger partial charge is 0.161 e. The van der Waals surface area contributed by atoms with Gasteiger partial charge in [0.2, 0.25) is 0 Å². The van der Waals surface area contributed by atoms with Crippen LogP contribution >= 0.6 is 11.6 Å². The number of nitrogens with one attached hydrogen (secondary N) is 1. The third-order valence-corrected chi connectivity index (χ3v) is 4.69. The lowest BCUT2D eigenvalue weighted by molar-refractivity contribution is 0.266. The first-order valence-electron chi connectivity index (χ1n) is 8.93. The van der Waals surface area contributed by atoms with Crippen molar-refractivity contribution in [1.82, 2.24) is 9.97 Å². The van der Waals surface area contributed by atoms with Crippen LogP contribution in [-0.2, 0) is 6.61 Å². The number of ether oxygens (including phenoxy) is 2. The van der Waals surface area contributed by atoms with E-state index in [1.54, 1.807) is 18.2 Å². The van der Waals surface area contributed by atoms with Crippen LogP contribution in [0.4, 0.5) is 4.39 Å². The van der Waals surface area contributed by atoms with E-state index in [0.29, 0.717) is 28.7 Å². The molecule has 0 aliphatic heterocycles. The quantitative estimate of drug-likeness (QED) is 0.434. The van der Waals surface area contributed by atoms with E-state index in [1.807, 2.05) is 43.3 Å². The molecule has 0 aliphatic rings. The maximum absolute atomic E-state index is 14.0. The molecule has 4 rings (SSSR count). The number of aromatic nitrogens is 2. The molecule has 0 atom stereocenters. The summed E-state index contributed by atoms with van der Waals surface area (Å²) in [6.45, 7) is 2.38. The molecule has 0 unspecified atom stereocenters. The van der Waals surface area contributed by atoms with Crippen LogP contribution < -0.4 is 9.47 Å². The number of nitrogens with zero attached hydrogens (tertiary/aromatic N) is 1. The van der Waals surface area contributed by atoms with Gasteiger partial charge in [0.1, 0.15) is 18.2 Å². The molecule has 0 aliphatic carbocycles. The molecule has 0 saturated heterocycles. The summed E-state index contributed by atoms with van der Waals surface area (Å²) >= 11 is 6.08. The summed E-state index contributed by atoms with van der Waals surface area (Å²) in [7, 11) is 0. The topological polar surface area (TPSA) is 47.1 Å². The summed E-state index contributed by atoms with van der Waals surface area (Å²) in [5, 5.41) is 0.330. The number of aromatic amines is 1. The second-order valence-electron chi connectivity index (χ2n) is 6.19. The third kappa shape index (κ3) is 3.66. The van der Waals surface area contributed by atoms with Crippen LogP contribution in [0, 0.1) is 5.82 Å². The lowest BCUT2D eigenvalue weighted by Crippen LogP contribution is -2.02. The highest BCUT2D eigenvalue weighted by Crippen LogP contribution is 2.33. The minimum atomic E-state index is -0.399. The first kappa shape index (κ1) is 18.3. The van der Waals surface area contributed by atoms with Crippen LogP contribution in [0.1, 0.15) is 12.5 Å². The number of halogens is 2. The number of imidazole rings is 1. The van der Waals surface area contributed by atoms with Gasteiger partial charge in [0.05, 0.1) is 22.7 Å². The van der Waals surface area contributed by atoms with Gasteiger partial charge in [0, 0.05) is 11.1 Å². The number of hydrogen-bond acceptors (Lipinski definition) is 3. The molecule has 1 N–H and O–H groups in total. The summed E-state index contributed by atoms with van der Waals surface area (Å²) in [5.74, 6) is 1.42. The SMILES string of the molecule is CCOc1cc(-c2nc3ccccc3[nH]2)ccc1OCc1c(F)cccc1Cl. The summed E-state index contributed by atoms with van der Waals surface area (Å²) in [6, 6.07) is 17.9. The normalized spacial score (nSPS) is 11.0. The van der Waals surface area contributed by atoms with Crippen LogP contribution in [0.25, 0.3) is 22.4 Å². The van der Waals surface area contributed by atoms with E-state index in [9.17, 15) is 4.39 Å². The van der Waals surface area contributed by atoms with Crippen LogP contribution in [0.5, 0.6) is 11.5 Å². The average Bonchev–Trinajstić information content (AvgIpc) is 3.13. The third-order valence-electron chi connectivity index (χ3n) is 4.34. The number of rotatable bonds is 6. The average molecular weight is 397 g/mol. The fourth-order valence-corrected chi connectivity index (χ4v) is 3.17. The Morgan fingerprint density at radius 1 is 1.00 bits per heavy atom. The number of benzene rings is 3. The van der Waals surface area contributed by atoms with Crippen LogP contribution in [0.15, 0.2) is 60.7 Å². The van der Waals surface area contributed by atoms with Gasteiger partial charge in [-0.05, 0) is 49.4 Å². The van der Waals surface area contributed by atoms with Gasteiger partial charge in [-0.1, -0.05) is 29.8 Å². The zero-order chi connectivity index (χ0) is 19.5. The standard InChI is InChI=1S/C22H18ClFN2O2/c1-2-27-21-12-14(22-25-18-8-3-4-9-19(18)26-22)10-11-20(21)28-13-15-16(23)6-5-7-17(15)24/h3-12H,2,13H2,1H3,(H,25,26). The first-order valence-corrected chi connectivity index (χ1v) is 9.31. The molecular formula is C22H18ClFN2O2. The Morgan fingerprint density at radius 2 is 1.86 bits per heavy atom. The monoisotopic (exact) mass is 396 g/mol. The first-order chi connectivity index (χ1) is 13.7. The molecule has 4 nitrogen and oxygen atoms in total. The molecule has 0 fully saturated rings. The van der Waals surface area contributed by atoms with Gasteiger partial charge >= 0.3 is 0 Å². The van der Waals surface area contributed by atoms with Gasteiger partial charge in [0.25, 0.3) is 0 Å². The maximum atomic E-state index is 14.0. The lowest BCUT2D eigenvalue weighted by atomic mass is 10.2. The zero-order valence-electron chi connectivity index (χ0n) is 15.2. The molecule has 0 spiro atoms. The van der Waals surface area contributed by atoms with E-state index < -0.39 is 5.82 Å². The van der Waals surface area contributed by atoms with E-state index in [0.717, 1.165) is 22.4 Å². The number of H-pyrrole nitrogens is 1. The second-order valence-corrected chi connectivity index (χ2v) is 6.59. The Morgan fingerprint density at radius 3 is 2.64 bits per heavy atom. The van der Waals surface area contributed by atoms with Crippen molar-refractivity contribution in [3.63, 3.8) is 0 Å². The predicted molar refractivity (Wildman–Crippen MR) is 108 cm³/mol.